The van der Waals surface area contributed by atoms with E-state index in [2.05, 4.69) is 9.97 Å². The van der Waals surface area contributed by atoms with E-state index in [1.165, 1.54) is 31.5 Å². The molecule has 4 nitrogen and oxygen atoms in total. The summed E-state index contributed by atoms with van der Waals surface area (Å²) in [7, 11) is 1.48. The van der Waals surface area contributed by atoms with E-state index in [9.17, 15) is 9.18 Å². The average molecular weight is 220 g/mol. The van der Waals surface area contributed by atoms with E-state index in [-0.39, 0.29) is 0 Å². The smallest absolute Gasteiger partial charge is 0.345 e. The average Bonchev–Trinajstić information content (AvgIpc) is 2.29. The fraction of sp³-hybridized carbons (Fsp3) is 0.0909. The SMILES string of the molecule is COc1ccc(F)cc1-c1ccnc(=O)[nH]1. The van der Waals surface area contributed by atoms with Gasteiger partial charge in [-0.15, -0.1) is 0 Å². The summed E-state index contributed by atoms with van der Waals surface area (Å²) < 4.78 is 18.2. The van der Waals surface area contributed by atoms with E-state index >= 15 is 0 Å². The number of halogens is 1. The highest BCUT2D eigenvalue weighted by molar-refractivity contribution is 5.66. The number of ether oxygens (including phenoxy) is 1. The fourth-order valence-corrected chi connectivity index (χ4v) is 1.42. The summed E-state index contributed by atoms with van der Waals surface area (Å²) in [6.07, 6.45) is 1.36. The molecule has 0 aliphatic rings. The Hall–Kier alpha value is -2.17. The van der Waals surface area contributed by atoms with Gasteiger partial charge < -0.3 is 9.72 Å². The lowest BCUT2D eigenvalue weighted by atomic mass is 10.1. The lowest BCUT2D eigenvalue weighted by Crippen LogP contribution is -2.09. The number of aromatic nitrogens is 2. The summed E-state index contributed by atoms with van der Waals surface area (Å²) in [6.45, 7) is 0. The lowest BCUT2D eigenvalue weighted by molar-refractivity contribution is 0.415. The van der Waals surface area contributed by atoms with Crippen LogP contribution in [0.4, 0.5) is 4.39 Å². The first-order chi connectivity index (χ1) is 7.70. The monoisotopic (exact) mass is 220 g/mol. The second-order valence-corrected chi connectivity index (χ2v) is 3.13. The van der Waals surface area contributed by atoms with Gasteiger partial charge >= 0.3 is 5.69 Å². The second kappa shape index (κ2) is 4.14. The number of rotatable bonds is 2. The molecule has 1 aromatic carbocycles. The van der Waals surface area contributed by atoms with Gasteiger partial charge in [-0.25, -0.2) is 14.2 Å². The summed E-state index contributed by atoms with van der Waals surface area (Å²) in [6, 6.07) is 5.67. The zero-order valence-electron chi connectivity index (χ0n) is 8.53. The van der Waals surface area contributed by atoms with Crippen LogP contribution in [0.3, 0.4) is 0 Å². The molecule has 82 valence electrons. The minimum absolute atomic E-state index is 0.395. The minimum atomic E-state index is -0.483. The Labute approximate surface area is 90.7 Å². The Morgan fingerprint density at radius 3 is 2.88 bits per heavy atom. The second-order valence-electron chi connectivity index (χ2n) is 3.13. The van der Waals surface area contributed by atoms with Crippen LogP contribution in [0, 0.1) is 5.82 Å². The van der Waals surface area contributed by atoms with Crippen molar-refractivity contribution in [1.29, 1.82) is 0 Å². The third-order valence-corrected chi connectivity index (χ3v) is 2.13. The standard InChI is InChI=1S/C11H9FN2O2/c1-16-10-3-2-7(12)6-8(10)9-4-5-13-11(15)14-9/h2-6H,1H3,(H,13,14,15). The molecule has 0 saturated heterocycles. The lowest BCUT2D eigenvalue weighted by Gasteiger charge is -2.07. The van der Waals surface area contributed by atoms with Crippen LogP contribution in [0.1, 0.15) is 0 Å². The molecule has 2 rings (SSSR count). The van der Waals surface area contributed by atoms with E-state index in [4.69, 9.17) is 4.74 Å². The third-order valence-electron chi connectivity index (χ3n) is 2.13. The predicted octanol–water partition coefficient (Wildman–Crippen LogP) is 1.58. The molecule has 1 N–H and O–H groups in total. The highest BCUT2D eigenvalue weighted by atomic mass is 19.1. The zero-order valence-corrected chi connectivity index (χ0v) is 8.53. The van der Waals surface area contributed by atoms with E-state index < -0.39 is 11.5 Å². The predicted molar refractivity (Wildman–Crippen MR) is 56.8 cm³/mol. The van der Waals surface area contributed by atoms with Crippen LogP contribution < -0.4 is 10.4 Å². The quantitative estimate of drug-likeness (QED) is 0.836. The number of hydrogen-bond donors (Lipinski definition) is 1. The number of aromatic amines is 1. The van der Waals surface area contributed by atoms with Crippen molar-refractivity contribution in [3.63, 3.8) is 0 Å². The molecule has 0 amide bonds. The van der Waals surface area contributed by atoms with Crippen molar-refractivity contribution in [2.75, 3.05) is 7.11 Å². The van der Waals surface area contributed by atoms with Gasteiger partial charge in [0.25, 0.3) is 0 Å². The number of nitrogens with zero attached hydrogens (tertiary/aromatic N) is 1. The van der Waals surface area contributed by atoms with Gasteiger partial charge in [0.05, 0.1) is 12.8 Å². The van der Waals surface area contributed by atoms with E-state index in [0.717, 1.165) is 0 Å². The molecule has 5 heteroatoms. The van der Waals surface area contributed by atoms with Crippen molar-refractivity contribution in [3.8, 4) is 17.0 Å². The summed E-state index contributed by atoms with van der Waals surface area (Å²) in [5.41, 5.74) is 0.474. The maximum absolute atomic E-state index is 13.1. The van der Waals surface area contributed by atoms with Crippen molar-refractivity contribution in [2.24, 2.45) is 0 Å². The van der Waals surface area contributed by atoms with Gasteiger partial charge in [0.1, 0.15) is 11.6 Å². The highest BCUT2D eigenvalue weighted by Crippen LogP contribution is 2.28. The van der Waals surface area contributed by atoms with Gasteiger partial charge in [0.15, 0.2) is 0 Å². The van der Waals surface area contributed by atoms with Gasteiger partial charge in [-0.1, -0.05) is 0 Å². The Morgan fingerprint density at radius 2 is 2.19 bits per heavy atom. The highest BCUT2D eigenvalue weighted by Gasteiger charge is 2.07. The van der Waals surface area contributed by atoms with Crippen LogP contribution in [0.25, 0.3) is 11.3 Å². The molecule has 16 heavy (non-hydrogen) atoms. The van der Waals surface area contributed by atoms with Crippen LogP contribution in [0.2, 0.25) is 0 Å². The first-order valence-electron chi connectivity index (χ1n) is 4.60. The molecule has 0 spiro atoms. The van der Waals surface area contributed by atoms with Crippen LogP contribution >= 0.6 is 0 Å². The number of benzene rings is 1. The van der Waals surface area contributed by atoms with Crippen molar-refractivity contribution in [2.45, 2.75) is 0 Å². The van der Waals surface area contributed by atoms with Crippen LogP contribution in [0.5, 0.6) is 5.75 Å². The minimum Gasteiger partial charge on any atom is -0.496 e. The molecule has 0 bridgehead atoms. The fourth-order valence-electron chi connectivity index (χ4n) is 1.42. The maximum Gasteiger partial charge on any atom is 0.345 e. The van der Waals surface area contributed by atoms with E-state index in [0.29, 0.717) is 17.0 Å². The number of hydrogen-bond acceptors (Lipinski definition) is 3. The largest absolute Gasteiger partial charge is 0.496 e. The molecule has 0 fully saturated rings. The number of methoxy groups -OCH3 is 1. The number of nitrogens with one attached hydrogen (secondary N) is 1. The van der Waals surface area contributed by atoms with Crippen molar-refractivity contribution < 1.29 is 9.13 Å². The summed E-state index contributed by atoms with van der Waals surface area (Å²) in [4.78, 5) is 17.1. The van der Waals surface area contributed by atoms with Gasteiger partial charge in [-0.3, -0.25) is 0 Å². The first-order valence-corrected chi connectivity index (χ1v) is 4.60. The molecular formula is C11H9FN2O2. The first kappa shape index (κ1) is 10.4. The van der Waals surface area contributed by atoms with Gasteiger partial charge in [-0.2, -0.15) is 0 Å². The van der Waals surface area contributed by atoms with Gasteiger partial charge in [0, 0.05) is 11.8 Å². The molecule has 0 aliphatic heterocycles. The Bertz CT molecular complexity index is 566. The van der Waals surface area contributed by atoms with Crippen LogP contribution in [0.15, 0.2) is 35.3 Å². The zero-order chi connectivity index (χ0) is 11.5. The Kier molecular flexibility index (Phi) is 2.68. The molecular weight excluding hydrogens is 211 g/mol. The molecule has 1 aromatic heterocycles. The van der Waals surface area contributed by atoms with Crippen LogP contribution in [-0.4, -0.2) is 17.1 Å². The van der Waals surface area contributed by atoms with Crippen molar-refractivity contribution in [3.05, 3.63) is 46.8 Å². The van der Waals surface area contributed by atoms with Gasteiger partial charge in [0.2, 0.25) is 0 Å². The van der Waals surface area contributed by atoms with Crippen molar-refractivity contribution in [1.82, 2.24) is 9.97 Å². The molecule has 0 atom stereocenters. The third kappa shape index (κ3) is 1.93. The maximum atomic E-state index is 13.1. The molecule has 0 saturated carbocycles. The summed E-state index contributed by atoms with van der Waals surface area (Å²) >= 11 is 0. The topological polar surface area (TPSA) is 55.0 Å². The molecule has 2 aromatic rings. The molecule has 0 unspecified atom stereocenters. The van der Waals surface area contributed by atoms with Gasteiger partial charge in [-0.05, 0) is 24.3 Å². The van der Waals surface area contributed by atoms with Crippen LogP contribution in [-0.2, 0) is 0 Å². The number of H-pyrrole nitrogens is 1. The Balaban J connectivity index is 2.62. The van der Waals surface area contributed by atoms with E-state index in [1.807, 2.05) is 0 Å². The summed E-state index contributed by atoms with van der Waals surface area (Å²) in [5, 5.41) is 0. The van der Waals surface area contributed by atoms with Crippen molar-refractivity contribution >= 4 is 0 Å². The van der Waals surface area contributed by atoms with E-state index in [1.54, 1.807) is 6.07 Å². The molecule has 0 radical (unpaired) electrons. The normalized spacial score (nSPS) is 10.1. The Morgan fingerprint density at radius 1 is 1.38 bits per heavy atom. The summed E-state index contributed by atoms with van der Waals surface area (Å²) in [5.74, 6) is 0.0942. The molecule has 1 heterocycles. The molecule has 0 aliphatic carbocycles.